The quantitative estimate of drug-likeness (QED) is 0.662. The van der Waals surface area contributed by atoms with Crippen molar-refractivity contribution in [2.24, 2.45) is 0 Å². The van der Waals surface area contributed by atoms with E-state index in [1.165, 1.54) is 6.26 Å². The summed E-state index contributed by atoms with van der Waals surface area (Å²) in [6, 6.07) is -0.0447. The molecule has 0 aromatic rings. The minimum atomic E-state index is -3.00. The van der Waals surface area contributed by atoms with Crippen LogP contribution in [0.15, 0.2) is 0 Å². The van der Waals surface area contributed by atoms with E-state index in [-0.39, 0.29) is 30.3 Å². The highest BCUT2D eigenvalue weighted by atomic mass is 32.2. The van der Waals surface area contributed by atoms with Crippen molar-refractivity contribution in [1.82, 2.24) is 10.6 Å². The summed E-state index contributed by atoms with van der Waals surface area (Å²) in [7, 11) is -3.00. The molecule has 6 heteroatoms. The van der Waals surface area contributed by atoms with Crippen molar-refractivity contribution in [3.05, 3.63) is 0 Å². The molecule has 0 spiro atoms. The number of carbonyl (C=O) groups is 1. The van der Waals surface area contributed by atoms with Gasteiger partial charge in [0, 0.05) is 18.3 Å². The molecule has 0 aromatic carbocycles. The van der Waals surface area contributed by atoms with Gasteiger partial charge in [0.05, 0.1) is 12.3 Å². The van der Waals surface area contributed by atoms with Crippen molar-refractivity contribution in [2.75, 3.05) is 18.6 Å². The molecule has 2 unspecified atom stereocenters. The molecule has 0 aliphatic heterocycles. The third-order valence-corrected chi connectivity index (χ3v) is 3.40. The minimum Gasteiger partial charge on any atom is -0.353 e. The normalized spacial score (nSPS) is 15.3. The van der Waals surface area contributed by atoms with Gasteiger partial charge in [0.1, 0.15) is 9.84 Å². The number of amides is 1. The first-order valence-corrected chi connectivity index (χ1v) is 8.01. The van der Waals surface area contributed by atoms with Gasteiger partial charge in [-0.15, -0.1) is 0 Å². The van der Waals surface area contributed by atoms with Crippen molar-refractivity contribution in [3.8, 4) is 0 Å². The Kier molecular flexibility index (Phi) is 7.38. The molecule has 0 saturated carbocycles. The molecular formula is C11H24N2O3S. The predicted octanol–water partition coefficient (Wildman–Crippen LogP) is 0.314. The maximum atomic E-state index is 11.5. The van der Waals surface area contributed by atoms with E-state index in [0.717, 1.165) is 12.8 Å². The summed E-state index contributed by atoms with van der Waals surface area (Å²) < 4.78 is 22.0. The van der Waals surface area contributed by atoms with Gasteiger partial charge in [-0.3, -0.25) is 4.79 Å². The first-order valence-electron chi connectivity index (χ1n) is 5.95. The molecule has 0 radical (unpaired) electrons. The number of hydrogen-bond acceptors (Lipinski definition) is 4. The Bertz CT molecular complexity index is 328. The SMILES string of the molecule is CCCC(C)NC(=O)CNC(C)CS(C)(=O)=O. The lowest BCUT2D eigenvalue weighted by molar-refractivity contribution is -0.120. The molecule has 0 fully saturated rings. The van der Waals surface area contributed by atoms with Crippen LogP contribution in [-0.4, -0.2) is 45.0 Å². The number of sulfone groups is 1. The molecule has 0 heterocycles. The topological polar surface area (TPSA) is 75.3 Å². The van der Waals surface area contributed by atoms with E-state index in [1.54, 1.807) is 6.92 Å². The number of hydrogen-bond donors (Lipinski definition) is 2. The van der Waals surface area contributed by atoms with Crippen LogP contribution in [0.3, 0.4) is 0 Å². The minimum absolute atomic E-state index is 0.0464. The lowest BCUT2D eigenvalue weighted by Crippen LogP contribution is -2.43. The third kappa shape index (κ3) is 10.3. The van der Waals surface area contributed by atoms with Crippen LogP contribution in [0.1, 0.15) is 33.6 Å². The Hall–Kier alpha value is -0.620. The first kappa shape index (κ1) is 16.4. The van der Waals surface area contributed by atoms with Crippen molar-refractivity contribution in [1.29, 1.82) is 0 Å². The Morgan fingerprint density at radius 3 is 2.29 bits per heavy atom. The number of nitrogens with one attached hydrogen (secondary N) is 2. The Balaban J connectivity index is 3.84. The molecule has 0 aliphatic carbocycles. The number of rotatable bonds is 8. The fraction of sp³-hybridized carbons (Fsp3) is 0.909. The summed E-state index contributed by atoms with van der Waals surface area (Å²) in [4.78, 5) is 11.5. The van der Waals surface area contributed by atoms with E-state index in [9.17, 15) is 13.2 Å². The molecular weight excluding hydrogens is 240 g/mol. The Labute approximate surface area is 104 Å². The van der Waals surface area contributed by atoms with Crippen LogP contribution < -0.4 is 10.6 Å². The van der Waals surface area contributed by atoms with Gasteiger partial charge in [-0.25, -0.2) is 8.42 Å². The number of carbonyl (C=O) groups excluding carboxylic acids is 1. The van der Waals surface area contributed by atoms with E-state index >= 15 is 0 Å². The smallest absolute Gasteiger partial charge is 0.234 e. The van der Waals surface area contributed by atoms with Gasteiger partial charge >= 0.3 is 0 Å². The highest BCUT2D eigenvalue weighted by Crippen LogP contribution is 1.94. The second-order valence-electron chi connectivity index (χ2n) is 4.63. The van der Waals surface area contributed by atoms with E-state index < -0.39 is 9.84 Å². The lowest BCUT2D eigenvalue weighted by Gasteiger charge is -2.15. The van der Waals surface area contributed by atoms with Gasteiger partial charge in [-0.2, -0.15) is 0 Å². The van der Waals surface area contributed by atoms with Gasteiger partial charge in [0.25, 0.3) is 0 Å². The van der Waals surface area contributed by atoms with Crippen LogP contribution in [0.4, 0.5) is 0 Å². The van der Waals surface area contributed by atoms with Gasteiger partial charge in [-0.1, -0.05) is 13.3 Å². The lowest BCUT2D eigenvalue weighted by atomic mass is 10.2. The summed E-state index contributed by atoms with van der Waals surface area (Å²) >= 11 is 0. The van der Waals surface area contributed by atoms with E-state index in [2.05, 4.69) is 17.6 Å². The molecule has 2 atom stereocenters. The molecule has 0 bridgehead atoms. The Morgan fingerprint density at radius 2 is 1.82 bits per heavy atom. The average molecular weight is 264 g/mol. The van der Waals surface area contributed by atoms with Crippen LogP contribution in [0.2, 0.25) is 0 Å². The summed E-state index contributed by atoms with van der Waals surface area (Å²) in [5.41, 5.74) is 0. The molecule has 0 saturated heterocycles. The van der Waals surface area contributed by atoms with Gasteiger partial charge in [-0.05, 0) is 20.3 Å². The van der Waals surface area contributed by atoms with Crippen molar-refractivity contribution in [2.45, 2.75) is 45.7 Å². The maximum Gasteiger partial charge on any atom is 0.234 e. The largest absolute Gasteiger partial charge is 0.353 e. The average Bonchev–Trinajstić information content (AvgIpc) is 2.12. The molecule has 17 heavy (non-hydrogen) atoms. The van der Waals surface area contributed by atoms with Crippen LogP contribution in [-0.2, 0) is 14.6 Å². The molecule has 0 rings (SSSR count). The second kappa shape index (κ2) is 7.66. The molecule has 1 amide bonds. The Morgan fingerprint density at radius 1 is 1.24 bits per heavy atom. The fourth-order valence-corrected chi connectivity index (χ4v) is 2.64. The molecule has 102 valence electrons. The van der Waals surface area contributed by atoms with Crippen molar-refractivity contribution >= 4 is 15.7 Å². The van der Waals surface area contributed by atoms with Crippen LogP contribution in [0.25, 0.3) is 0 Å². The summed E-state index contributed by atoms with van der Waals surface area (Å²) in [6.07, 6.45) is 3.17. The molecule has 5 nitrogen and oxygen atoms in total. The van der Waals surface area contributed by atoms with E-state index in [0.29, 0.717) is 0 Å². The van der Waals surface area contributed by atoms with Gasteiger partial charge < -0.3 is 10.6 Å². The maximum absolute atomic E-state index is 11.5. The molecule has 0 aliphatic rings. The van der Waals surface area contributed by atoms with Crippen molar-refractivity contribution < 1.29 is 13.2 Å². The van der Waals surface area contributed by atoms with Crippen LogP contribution in [0, 0.1) is 0 Å². The molecule has 2 N–H and O–H groups in total. The van der Waals surface area contributed by atoms with Gasteiger partial charge in [0.15, 0.2) is 0 Å². The fourth-order valence-electron chi connectivity index (χ4n) is 1.61. The second-order valence-corrected chi connectivity index (χ2v) is 6.82. The first-order chi connectivity index (χ1) is 7.74. The van der Waals surface area contributed by atoms with E-state index in [1.807, 2.05) is 6.92 Å². The van der Waals surface area contributed by atoms with Crippen LogP contribution >= 0.6 is 0 Å². The zero-order chi connectivity index (χ0) is 13.5. The standard InChI is InChI=1S/C11H24N2O3S/c1-5-6-9(2)13-11(14)7-12-10(3)8-17(4,15)16/h9-10,12H,5-8H2,1-4H3,(H,13,14). The zero-order valence-electron chi connectivity index (χ0n) is 11.1. The predicted molar refractivity (Wildman–Crippen MR) is 69.7 cm³/mol. The summed E-state index contributed by atoms with van der Waals surface area (Å²) in [5.74, 6) is -0.0450. The summed E-state index contributed by atoms with van der Waals surface area (Å²) in [5, 5.41) is 5.74. The van der Waals surface area contributed by atoms with Crippen molar-refractivity contribution in [3.63, 3.8) is 0 Å². The third-order valence-electron chi connectivity index (χ3n) is 2.29. The molecule has 0 aromatic heterocycles. The monoisotopic (exact) mass is 264 g/mol. The van der Waals surface area contributed by atoms with Crippen LogP contribution in [0.5, 0.6) is 0 Å². The van der Waals surface area contributed by atoms with E-state index in [4.69, 9.17) is 0 Å². The highest BCUT2D eigenvalue weighted by molar-refractivity contribution is 7.90. The summed E-state index contributed by atoms with van der Waals surface area (Å²) in [6.45, 7) is 5.94. The van der Waals surface area contributed by atoms with Gasteiger partial charge in [0.2, 0.25) is 5.91 Å². The zero-order valence-corrected chi connectivity index (χ0v) is 11.9. The highest BCUT2D eigenvalue weighted by Gasteiger charge is 2.12.